The lowest BCUT2D eigenvalue weighted by Crippen LogP contribution is -2.17. The van der Waals surface area contributed by atoms with Crippen molar-refractivity contribution in [3.63, 3.8) is 0 Å². The highest BCUT2D eigenvalue weighted by Crippen LogP contribution is 2.35. The van der Waals surface area contributed by atoms with Crippen LogP contribution in [0.25, 0.3) is 10.2 Å². The van der Waals surface area contributed by atoms with Crippen molar-refractivity contribution in [1.29, 1.82) is 0 Å². The zero-order chi connectivity index (χ0) is 19.7. The van der Waals surface area contributed by atoms with Crippen LogP contribution in [0, 0.1) is 6.92 Å². The molecule has 1 N–H and O–H groups in total. The van der Waals surface area contributed by atoms with Gasteiger partial charge in [0.05, 0.1) is 16.6 Å². The van der Waals surface area contributed by atoms with Crippen LogP contribution in [-0.4, -0.2) is 28.5 Å². The van der Waals surface area contributed by atoms with Crippen LogP contribution in [-0.2, 0) is 6.42 Å². The van der Waals surface area contributed by atoms with Crippen LogP contribution in [0.3, 0.4) is 0 Å². The number of carbonyl (C=O) groups excluding carboxylic acids is 2. The fourth-order valence-electron chi connectivity index (χ4n) is 3.97. The minimum Gasteiger partial charge on any atom is -0.355 e. The van der Waals surface area contributed by atoms with E-state index in [1.165, 1.54) is 32.1 Å². The third-order valence-electron chi connectivity index (χ3n) is 5.57. The molecule has 0 radical (unpaired) electrons. The summed E-state index contributed by atoms with van der Waals surface area (Å²) in [7, 11) is 1.61. The first-order chi connectivity index (χ1) is 13.6. The van der Waals surface area contributed by atoms with Crippen molar-refractivity contribution < 1.29 is 9.59 Å². The van der Waals surface area contributed by atoms with Gasteiger partial charge < -0.3 is 5.32 Å². The number of nitrogens with one attached hydrogen (secondary N) is 1. The van der Waals surface area contributed by atoms with E-state index in [1.54, 1.807) is 30.5 Å². The number of ketones is 1. The van der Waals surface area contributed by atoms with Crippen LogP contribution in [0.15, 0.2) is 30.3 Å². The van der Waals surface area contributed by atoms with Gasteiger partial charge in [-0.1, -0.05) is 31.4 Å². The molecule has 3 aromatic rings. The van der Waals surface area contributed by atoms with Gasteiger partial charge in [0, 0.05) is 24.4 Å². The van der Waals surface area contributed by atoms with Gasteiger partial charge >= 0.3 is 0 Å². The molecule has 0 atom stereocenters. The molecule has 1 saturated carbocycles. The lowest BCUT2D eigenvalue weighted by atomic mass is 9.96. The van der Waals surface area contributed by atoms with Crippen LogP contribution in [0.1, 0.15) is 69.4 Å². The molecule has 2 aromatic heterocycles. The van der Waals surface area contributed by atoms with Gasteiger partial charge in [-0.05, 0) is 43.5 Å². The molecular formula is C22H25N3O2S. The van der Waals surface area contributed by atoms with Gasteiger partial charge in [-0.15, -0.1) is 11.3 Å². The second kappa shape index (κ2) is 7.87. The molecule has 4 rings (SSSR count). The lowest BCUT2D eigenvalue weighted by Gasteiger charge is -2.22. The molecular weight excluding hydrogens is 370 g/mol. The Balaban J connectivity index is 1.55. The molecule has 0 aliphatic heterocycles. The second-order valence-electron chi connectivity index (χ2n) is 7.53. The highest BCUT2D eigenvalue weighted by molar-refractivity contribution is 7.20. The Kier molecular flexibility index (Phi) is 5.31. The monoisotopic (exact) mass is 395 g/mol. The zero-order valence-corrected chi connectivity index (χ0v) is 17.1. The summed E-state index contributed by atoms with van der Waals surface area (Å²) < 4.78 is 2.17. The molecule has 0 unspecified atom stereocenters. The van der Waals surface area contributed by atoms with Crippen molar-refractivity contribution in [1.82, 2.24) is 15.1 Å². The SMILES string of the molecule is CNC(=O)c1ccc(CC(=O)c2cc3c(C)nn(C4CCCCC4)c3s2)cc1. The van der Waals surface area contributed by atoms with Crippen molar-refractivity contribution >= 4 is 33.2 Å². The molecule has 146 valence electrons. The first-order valence-electron chi connectivity index (χ1n) is 9.89. The number of nitrogens with zero attached hydrogens (tertiary/aromatic N) is 2. The molecule has 0 saturated heterocycles. The number of amides is 1. The number of fused-ring (bicyclic) bond motifs is 1. The summed E-state index contributed by atoms with van der Waals surface area (Å²) in [6.45, 7) is 2.03. The Morgan fingerprint density at radius 2 is 1.89 bits per heavy atom. The normalized spacial score (nSPS) is 15.1. The van der Waals surface area contributed by atoms with Gasteiger partial charge in [-0.25, -0.2) is 0 Å². The molecule has 28 heavy (non-hydrogen) atoms. The van der Waals surface area contributed by atoms with E-state index in [0.717, 1.165) is 26.4 Å². The molecule has 2 heterocycles. The maximum atomic E-state index is 12.9. The summed E-state index contributed by atoms with van der Waals surface area (Å²) >= 11 is 1.56. The number of benzene rings is 1. The maximum absolute atomic E-state index is 12.9. The van der Waals surface area contributed by atoms with E-state index in [-0.39, 0.29) is 11.7 Å². The quantitative estimate of drug-likeness (QED) is 0.637. The molecule has 1 amide bonds. The summed E-state index contributed by atoms with van der Waals surface area (Å²) in [5.74, 6) is -0.00591. The molecule has 0 spiro atoms. The molecule has 1 fully saturated rings. The Bertz CT molecular complexity index is 1010. The minimum absolute atomic E-state index is 0.114. The van der Waals surface area contributed by atoms with Crippen molar-refractivity contribution in [3.05, 3.63) is 52.0 Å². The maximum Gasteiger partial charge on any atom is 0.251 e. The van der Waals surface area contributed by atoms with E-state index in [4.69, 9.17) is 5.10 Å². The zero-order valence-electron chi connectivity index (χ0n) is 16.3. The number of hydrogen-bond acceptors (Lipinski definition) is 4. The summed E-state index contributed by atoms with van der Waals surface area (Å²) in [5.41, 5.74) is 2.52. The van der Waals surface area contributed by atoms with Crippen LogP contribution in [0.4, 0.5) is 0 Å². The van der Waals surface area contributed by atoms with E-state index in [2.05, 4.69) is 10.00 Å². The number of aryl methyl sites for hydroxylation is 1. The Hall–Kier alpha value is -2.47. The van der Waals surface area contributed by atoms with Crippen molar-refractivity contribution in [2.75, 3.05) is 7.05 Å². The lowest BCUT2D eigenvalue weighted by molar-refractivity contribution is 0.0962. The first-order valence-corrected chi connectivity index (χ1v) is 10.7. The Labute approximate surface area is 168 Å². The molecule has 1 aliphatic carbocycles. The standard InChI is InChI=1S/C22H25N3O2S/c1-14-18-13-20(28-22(18)25(24-14)17-6-4-3-5-7-17)19(26)12-15-8-10-16(11-9-15)21(27)23-2/h8-11,13,17H,3-7,12H2,1-2H3,(H,23,27). The highest BCUT2D eigenvalue weighted by atomic mass is 32.1. The topological polar surface area (TPSA) is 64.0 Å². The Morgan fingerprint density at radius 3 is 2.57 bits per heavy atom. The predicted octanol–water partition coefficient (Wildman–Crippen LogP) is 4.70. The number of carbonyl (C=O) groups is 2. The average Bonchev–Trinajstić information content (AvgIpc) is 3.29. The molecule has 6 heteroatoms. The summed E-state index contributed by atoms with van der Waals surface area (Å²) in [5, 5.41) is 8.48. The summed E-state index contributed by atoms with van der Waals surface area (Å²) in [6, 6.07) is 9.69. The van der Waals surface area contributed by atoms with Crippen LogP contribution >= 0.6 is 11.3 Å². The summed E-state index contributed by atoms with van der Waals surface area (Å²) in [6.07, 6.45) is 6.52. The number of rotatable bonds is 5. The summed E-state index contributed by atoms with van der Waals surface area (Å²) in [4.78, 5) is 26.4. The van der Waals surface area contributed by atoms with Crippen molar-refractivity contribution in [2.24, 2.45) is 0 Å². The van der Waals surface area contributed by atoms with Crippen LogP contribution in [0.5, 0.6) is 0 Å². The van der Waals surface area contributed by atoms with Gasteiger partial charge in [0.15, 0.2) is 5.78 Å². The fourth-order valence-corrected chi connectivity index (χ4v) is 5.14. The fraction of sp³-hybridized carbons (Fsp3) is 0.409. The Morgan fingerprint density at radius 1 is 1.18 bits per heavy atom. The van der Waals surface area contributed by atoms with E-state index >= 15 is 0 Å². The van der Waals surface area contributed by atoms with Crippen molar-refractivity contribution in [2.45, 2.75) is 51.5 Å². The largest absolute Gasteiger partial charge is 0.355 e. The van der Waals surface area contributed by atoms with Gasteiger partial charge in [0.25, 0.3) is 5.91 Å². The second-order valence-corrected chi connectivity index (χ2v) is 8.56. The van der Waals surface area contributed by atoms with Gasteiger partial charge in [-0.3, -0.25) is 14.3 Å². The van der Waals surface area contributed by atoms with Crippen LogP contribution < -0.4 is 5.32 Å². The smallest absolute Gasteiger partial charge is 0.251 e. The molecule has 5 nitrogen and oxygen atoms in total. The number of thiophene rings is 1. The van der Waals surface area contributed by atoms with Crippen LogP contribution in [0.2, 0.25) is 0 Å². The predicted molar refractivity (Wildman–Crippen MR) is 112 cm³/mol. The number of Topliss-reactive ketones (excluding diaryl/α,β-unsaturated/α-hetero) is 1. The minimum atomic E-state index is -0.120. The highest BCUT2D eigenvalue weighted by Gasteiger charge is 2.22. The van der Waals surface area contributed by atoms with Gasteiger partial charge in [0.1, 0.15) is 4.83 Å². The average molecular weight is 396 g/mol. The molecule has 0 bridgehead atoms. The molecule has 1 aliphatic rings. The van der Waals surface area contributed by atoms with Crippen molar-refractivity contribution in [3.8, 4) is 0 Å². The van der Waals surface area contributed by atoms with E-state index < -0.39 is 0 Å². The van der Waals surface area contributed by atoms with E-state index in [9.17, 15) is 9.59 Å². The first kappa shape index (κ1) is 18.9. The van der Waals surface area contributed by atoms with E-state index in [0.29, 0.717) is 18.0 Å². The number of aromatic nitrogens is 2. The third-order valence-corrected chi connectivity index (χ3v) is 6.74. The van der Waals surface area contributed by atoms with Gasteiger partial charge in [-0.2, -0.15) is 5.10 Å². The van der Waals surface area contributed by atoms with E-state index in [1.807, 2.05) is 25.1 Å². The third kappa shape index (κ3) is 3.61. The van der Waals surface area contributed by atoms with Gasteiger partial charge in [0.2, 0.25) is 0 Å². The molecule has 1 aromatic carbocycles. The number of hydrogen-bond donors (Lipinski definition) is 1.